The molecule has 1 aromatic heterocycles. The van der Waals surface area contributed by atoms with Crippen molar-refractivity contribution in [1.82, 2.24) is 0 Å². The minimum absolute atomic E-state index is 0.131. The molecule has 4 heteroatoms. The van der Waals surface area contributed by atoms with E-state index in [1.807, 2.05) is 19.1 Å². The van der Waals surface area contributed by atoms with Gasteiger partial charge >= 0.3 is 0 Å². The zero-order chi connectivity index (χ0) is 13.4. The van der Waals surface area contributed by atoms with Crippen molar-refractivity contribution in [3.63, 3.8) is 0 Å². The Morgan fingerprint density at radius 2 is 2.21 bits per heavy atom. The lowest BCUT2D eigenvalue weighted by molar-refractivity contribution is 0.607. The van der Waals surface area contributed by atoms with E-state index in [1.165, 1.54) is 10.4 Å². The average molecular weight is 276 g/mol. The molecule has 1 atom stereocenters. The Balaban J connectivity index is 1.88. The second-order valence-electron chi connectivity index (χ2n) is 5.04. The van der Waals surface area contributed by atoms with Gasteiger partial charge in [0.1, 0.15) is 5.82 Å². The Hall–Kier alpha value is -1.39. The lowest BCUT2D eigenvalue weighted by Gasteiger charge is -2.29. The Bertz CT molecular complexity index is 592. The van der Waals surface area contributed by atoms with Gasteiger partial charge in [0.15, 0.2) is 0 Å². The molecule has 2 N–H and O–H groups in total. The molecule has 0 saturated heterocycles. The van der Waals surface area contributed by atoms with Crippen LogP contribution in [-0.4, -0.2) is 6.54 Å². The lowest BCUT2D eigenvalue weighted by Crippen LogP contribution is -2.30. The smallest absolute Gasteiger partial charge is 0.146 e. The van der Waals surface area contributed by atoms with Crippen LogP contribution in [-0.2, 0) is 13.0 Å². The minimum atomic E-state index is -0.173. The Labute approximate surface area is 116 Å². The van der Waals surface area contributed by atoms with E-state index in [0.29, 0.717) is 5.69 Å². The van der Waals surface area contributed by atoms with Crippen LogP contribution in [0.15, 0.2) is 29.6 Å². The molecule has 0 radical (unpaired) electrons. The Morgan fingerprint density at radius 3 is 2.95 bits per heavy atom. The van der Waals surface area contributed by atoms with Gasteiger partial charge in [-0.15, -0.1) is 11.3 Å². The molecule has 0 amide bonds. The third kappa shape index (κ3) is 2.38. The summed E-state index contributed by atoms with van der Waals surface area (Å²) in [5.41, 5.74) is 8.63. The first-order valence-electron chi connectivity index (χ1n) is 6.50. The molecule has 2 nitrogen and oxygen atoms in total. The first kappa shape index (κ1) is 12.6. The molecule has 0 saturated carbocycles. The van der Waals surface area contributed by atoms with Crippen molar-refractivity contribution in [3.8, 4) is 0 Å². The topological polar surface area (TPSA) is 29.3 Å². The van der Waals surface area contributed by atoms with Crippen LogP contribution >= 0.6 is 11.3 Å². The van der Waals surface area contributed by atoms with E-state index < -0.39 is 0 Å². The largest absolute Gasteiger partial charge is 0.364 e. The van der Waals surface area contributed by atoms with Crippen molar-refractivity contribution in [1.29, 1.82) is 0 Å². The summed E-state index contributed by atoms with van der Waals surface area (Å²) in [6, 6.07) is 7.34. The molecule has 2 heterocycles. The van der Waals surface area contributed by atoms with Gasteiger partial charge in [0, 0.05) is 24.0 Å². The summed E-state index contributed by atoms with van der Waals surface area (Å²) in [5, 5.41) is 2.11. The monoisotopic (exact) mass is 276 g/mol. The second kappa shape index (κ2) is 4.94. The van der Waals surface area contributed by atoms with Crippen LogP contribution in [0.25, 0.3) is 0 Å². The van der Waals surface area contributed by atoms with E-state index in [9.17, 15) is 4.39 Å². The molecule has 1 aliphatic rings. The number of nitrogens with zero attached hydrogens (tertiary/aromatic N) is 1. The quantitative estimate of drug-likeness (QED) is 0.910. The Morgan fingerprint density at radius 1 is 1.37 bits per heavy atom. The third-order valence-corrected chi connectivity index (χ3v) is 4.67. The summed E-state index contributed by atoms with van der Waals surface area (Å²) < 4.78 is 14.2. The number of hydrogen-bond donors (Lipinski definition) is 1. The Kier molecular flexibility index (Phi) is 3.29. The van der Waals surface area contributed by atoms with Crippen molar-refractivity contribution in [3.05, 3.63) is 51.5 Å². The first-order chi connectivity index (χ1) is 9.15. The molecule has 19 heavy (non-hydrogen) atoms. The maximum absolute atomic E-state index is 14.2. The summed E-state index contributed by atoms with van der Waals surface area (Å²) in [4.78, 5) is 3.54. The molecular weight excluding hydrogens is 259 g/mol. The number of fused-ring (bicyclic) bond motifs is 1. The summed E-state index contributed by atoms with van der Waals surface area (Å²) in [6.45, 7) is 3.54. The fourth-order valence-corrected chi connectivity index (χ4v) is 3.41. The number of benzene rings is 1. The molecule has 1 aliphatic heterocycles. The third-order valence-electron chi connectivity index (χ3n) is 3.65. The molecule has 0 aliphatic carbocycles. The van der Waals surface area contributed by atoms with Crippen LogP contribution in [0.5, 0.6) is 0 Å². The number of rotatable bonds is 2. The molecule has 2 aromatic rings. The van der Waals surface area contributed by atoms with Crippen molar-refractivity contribution in [2.45, 2.75) is 25.9 Å². The van der Waals surface area contributed by atoms with Gasteiger partial charge in [0.2, 0.25) is 0 Å². The summed E-state index contributed by atoms with van der Waals surface area (Å²) in [6.07, 6.45) is 1.00. The first-order valence-corrected chi connectivity index (χ1v) is 7.38. The molecule has 100 valence electrons. The van der Waals surface area contributed by atoms with E-state index in [2.05, 4.69) is 16.3 Å². The molecule has 0 bridgehead atoms. The van der Waals surface area contributed by atoms with Gasteiger partial charge in [-0.05, 0) is 48.1 Å². The van der Waals surface area contributed by atoms with Crippen molar-refractivity contribution in [2.24, 2.45) is 5.73 Å². The standard InChI is InChI=1S/C15H17FN2S/c1-10(17)11-2-3-14(13(16)8-11)18-6-4-15-12(9-18)5-7-19-15/h2-3,5,7-8,10H,4,6,9,17H2,1H3. The average Bonchev–Trinajstić information content (AvgIpc) is 2.85. The van der Waals surface area contributed by atoms with E-state index >= 15 is 0 Å². The fourth-order valence-electron chi connectivity index (χ4n) is 2.52. The number of halogens is 1. The van der Waals surface area contributed by atoms with E-state index in [4.69, 9.17) is 5.73 Å². The molecule has 1 unspecified atom stereocenters. The number of thiophene rings is 1. The van der Waals surface area contributed by atoms with E-state index in [1.54, 1.807) is 17.4 Å². The highest BCUT2D eigenvalue weighted by Gasteiger charge is 2.20. The second-order valence-corrected chi connectivity index (χ2v) is 6.04. The van der Waals surface area contributed by atoms with Gasteiger partial charge < -0.3 is 10.6 Å². The zero-order valence-corrected chi connectivity index (χ0v) is 11.7. The number of anilines is 1. The molecule has 0 fully saturated rings. The van der Waals surface area contributed by atoms with E-state index in [-0.39, 0.29) is 11.9 Å². The number of nitrogens with two attached hydrogens (primary N) is 1. The van der Waals surface area contributed by atoms with Crippen molar-refractivity contribution >= 4 is 17.0 Å². The van der Waals surface area contributed by atoms with Crippen LogP contribution in [0.2, 0.25) is 0 Å². The van der Waals surface area contributed by atoms with Crippen LogP contribution in [0.3, 0.4) is 0 Å². The van der Waals surface area contributed by atoms with Gasteiger partial charge in [-0.3, -0.25) is 0 Å². The number of hydrogen-bond acceptors (Lipinski definition) is 3. The molecule has 0 spiro atoms. The van der Waals surface area contributed by atoms with Gasteiger partial charge in [0.05, 0.1) is 5.69 Å². The van der Waals surface area contributed by atoms with Crippen LogP contribution in [0, 0.1) is 5.82 Å². The fraction of sp³-hybridized carbons (Fsp3) is 0.333. The highest BCUT2D eigenvalue weighted by atomic mass is 32.1. The van der Waals surface area contributed by atoms with Gasteiger partial charge in [0.25, 0.3) is 0 Å². The molecule has 1 aromatic carbocycles. The lowest BCUT2D eigenvalue weighted by atomic mass is 10.1. The van der Waals surface area contributed by atoms with Crippen LogP contribution in [0.4, 0.5) is 10.1 Å². The van der Waals surface area contributed by atoms with Gasteiger partial charge in [-0.25, -0.2) is 4.39 Å². The van der Waals surface area contributed by atoms with Crippen molar-refractivity contribution < 1.29 is 4.39 Å². The predicted octanol–water partition coefficient (Wildman–Crippen LogP) is 3.47. The van der Waals surface area contributed by atoms with Gasteiger partial charge in [-0.1, -0.05) is 6.07 Å². The highest BCUT2D eigenvalue weighted by molar-refractivity contribution is 7.10. The van der Waals surface area contributed by atoms with Gasteiger partial charge in [-0.2, -0.15) is 0 Å². The maximum Gasteiger partial charge on any atom is 0.146 e. The normalized spacial score (nSPS) is 16.3. The summed E-state index contributed by atoms with van der Waals surface area (Å²) >= 11 is 1.80. The summed E-state index contributed by atoms with van der Waals surface area (Å²) in [7, 11) is 0. The minimum Gasteiger partial charge on any atom is -0.364 e. The molecule has 3 rings (SSSR count). The van der Waals surface area contributed by atoms with Crippen molar-refractivity contribution in [2.75, 3.05) is 11.4 Å². The summed E-state index contributed by atoms with van der Waals surface area (Å²) in [5.74, 6) is -0.173. The van der Waals surface area contributed by atoms with Crippen LogP contribution < -0.4 is 10.6 Å². The molecular formula is C15H17FN2S. The highest BCUT2D eigenvalue weighted by Crippen LogP contribution is 2.30. The zero-order valence-electron chi connectivity index (χ0n) is 10.9. The van der Waals surface area contributed by atoms with Crippen LogP contribution in [0.1, 0.15) is 29.0 Å². The SMILES string of the molecule is CC(N)c1ccc(N2CCc3sccc3C2)c(F)c1. The maximum atomic E-state index is 14.2. The predicted molar refractivity (Wildman–Crippen MR) is 78.1 cm³/mol. The van der Waals surface area contributed by atoms with E-state index in [0.717, 1.165) is 25.1 Å².